The summed E-state index contributed by atoms with van der Waals surface area (Å²) in [5, 5.41) is 3.61. The van der Waals surface area contributed by atoms with Crippen molar-refractivity contribution < 1.29 is 0 Å². The second kappa shape index (κ2) is 7.19. The van der Waals surface area contributed by atoms with Crippen molar-refractivity contribution in [2.45, 2.75) is 19.3 Å². The Kier molecular flexibility index (Phi) is 5.01. The van der Waals surface area contributed by atoms with Gasteiger partial charge in [0.15, 0.2) is 0 Å². The highest BCUT2D eigenvalue weighted by atomic mass is 35.5. The van der Waals surface area contributed by atoms with Gasteiger partial charge in [0, 0.05) is 23.8 Å². The van der Waals surface area contributed by atoms with Gasteiger partial charge in [-0.25, -0.2) is 0 Å². The van der Waals surface area contributed by atoms with Gasteiger partial charge in [-0.3, -0.25) is 9.78 Å². The molecule has 1 aliphatic heterocycles. The number of anilines is 3. The Morgan fingerprint density at radius 2 is 1.92 bits per heavy atom. The van der Waals surface area contributed by atoms with Gasteiger partial charge in [-0.15, -0.1) is 0 Å². The molecule has 8 heteroatoms. The molecule has 0 amide bonds. The summed E-state index contributed by atoms with van der Waals surface area (Å²) in [4.78, 5) is 21.8. The molecule has 1 aromatic carbocycles. The van der Waals surface area contributed by atoms with Crippen LogP contribution in [0.25, 0.3) is 0 Å². The van der Waals surface area contributed by atoms with Crippen LogP contribution in [0.2, 0.25) is 5.02 Å². The van der Waals surface area contributed by atoms with E-state index in [1.165, 1.54) is 6.42 Å². The number of aromatic nitrogens is 2. The van der Waals surface area contributed by atoms with Crippen LogP contribution in [0.3, 0.4) is 0 Å². The van der Waals surface area contributed by atoms with Crippen LogP contribution in [0.4, 0.5) is 17.5 Å². The number of piperidine rings is 1. The van der Waals surface area contributed by atoms with Crippen LogP contribution in [0, 0.1) is 0 Å². The molecule has 0 unspecified atom stereocenters. The van der Waals surface area contributed by atoms with Gasteiger partial charge >= 0.3 is 0 Å². The van der Waals surface area contributed by atoms with Crippen LogP contribution in [-0.4, -0.2) is 28.0 Å². The lowest BCUT2D eigenvalue weighted by atomic mass is 10.1. The number of H-pyrrole nitrogens is 1. The molecule has 3 rings (SSSR count). The Labute approximate surface area is 150 Å². The normalized spacial score (nSPS) is 14.5. The third kappa shape index (κ3) is 3.68. The van der Waals surface area contributed by atoms with Crippen molar-refractivity contribution in [3.05, 3.63) is 45.2 Å². The van der Waals surface area contributed by atoms with Crippen LogP contribution >= 0.6 is 23.8 Å². The highest BCUT2D eigenvalue weighted by Gasteiger charge is 2.18. The number of aromatic amines is 1. The van der Waals surface area contributed by atoms with Crippen molar-refractivity contribution >= 4 is 46.3 Å². The first-order valence-electron chi connectivity index (χ1n) is 7.76. The van der Waals surface area contributed by atoms with Gasteiger partial charge in [0.2, 0.25) is 5.95 Å². The van der Waals surface area contributed by atoms with E-state index in [0.29, 0.717) is 11.0 Å². The van der Waals surface area contributed by atoms with Crippen molar-refractivity contribution in [1.29, 1.82) is 0 Å². The average molecular weight is 364 g/mol. The van der Waals surface area contributed by atoms with E-state index in [0.717, 1.165) is 31.6 Å². The third-order valence-electron chi connectivity index (χ3n) is 3.92. The summed E-state index contributed by atoms with van der Waals surface area (Å²) >= 11 is 11.2. The van der Waals surface area contributed by atoms with Crippen LogP contribution in [0.15, 0.2) is 29.1 Å². The highest BCUT2D eigenvalue weighted by molar-refractivity contribution is 7.81. The Balaban J connectivity index is 1.83. The zero-order valence-corrected chi connectivity index (χ0v) is 14.6. The number of thiocarbonyl (C=S) groups is 1. The number of benzene rings is 1. The molecule has 4 N–H and O–H groups in total. The lowest BCUT2D eigenvalue weighted by molar-refractivity contribution is 0.568. The molecular formula is C16H18ClN5OS. The molecule has 2 aromatic rings. The Morgan fingerprint density at radius 1 is 1.25 bits per heavy atom. The minimum Gasteiger partial charge on any atom is -0.383 e. The number of hydrogen-bond donors (Lipinski definition) is 3. The summed E-state index contributed by atoms with van der Waals surface area (Å²) in [7, 11) is 0. The monoisotopic (exact) mass is 363 g/mol. The number of halogens is 1. The van der Waals surface area contributed by atoms with E-state index in [9.17, 15) is 4.79 Å². The number of nitrogens with one attached hydrogen (secondary N) is 2. The summed E-state index contributed by atoms with van der Waals surface area (Å²) in [5.74, 6) is 0.640. The molecule has 0 atom stereocenters. The fourth-order valence-corrected chi connectivity index (χ4v) is 3.12. The van der Waals surface area contributed by atoms with Crippen molar-refractivity contribution in [3.8, 4) is 0 Å². The lowest BCUT2D eigenvalue weighted by Gasteiger charge is -2.27. The van der Waals surface area contributed by atoms with Gasteiger partial charge in [0.1, 0.15) is 16.4 Å². The van der Waals surface area contributed by atoms with Gasteiger partial charge < -0.3 is 16.0 Å². The molecule has 0 saturated carbocycles. The van der Waals surface area contributed by atoms with Crippen LogP contribution in [0.5, 0.6) is 0 Å². The Bertz CT molecular complexity index is 799. The van der Waals surface area contributed by atoms with Crippen molar-refractivity contribution in [1.82, 2.24) is 9.97 Å². The van der Waals surface area contributed by atoms with E-state index in [4.69, 9.17) is 29.6 Å². The van der Waals surface area contributed by atoms with Gasteiger partial charge in [-0.1, -0.05) is 23.8 Å². The standard InChI is InChI=1S/C16H18ClN5OS/c17-10-4-6-11(7-5-10)19-15(24)12-13(18)20-16(21-14(12)23)22-8-2-1-3-9-22/h4-7H,1-3,8-9H2,(H,19,24)(H3,18,20,21,23). The van der Waals surface area contributed by atoms with Crippen LogP contribution in [0.1, 0.15) is 24.8 Å². The summed E-state index contributed by atoms with van der Waals surface area (Å²) in [6, 6.07) is 7.01. The maximum Gasteiger partial charge on any atom is 0.264 e. The van der Waals surface area contributed by atoms with Gasteiger partial charge in [-0.05, 0) is 43.5 Å². The first kappa shape index (κ1) is 16.7. The summed E-state index contributed by atoms with van der Waals surface area (Å²) in [5.41, 5.74) is 6.57. The topological polar surface area (TPSA) is 87.0 Å². The molecule has 24 heavy (non-hydrogen) atoms. The quantitative estimate of drug-likeness (QED) is 0.727. The van der Waals surface area contributed by atoms with Crippen LogP contribution < -0.4 is 21.5 Å². The zero-order chi connectivity index (χ0) is 17.1. The molecule has 1 fully saturated rings. The van der Waals surface area contributed by atoms with E-state index in [1.54, 1.807) is 24.3 Å². The molecule has 0 bridgehead atoms. The van der Waals surface area contributed by atoms with E-state index in [2.05, 4.69) is 15.3 Å². The van der Waals surface area contributed by atoms with Gasteiger partial charge in [0.25, 0.3) is 5.56 Å². The van der Waals surface area contributed by atoms with E-state index < -0.39 is 0 Å². The maximum absolute atomic E-state index is 12.4. The molecule has 0 aliphatic carbocycles. The van der Waals surface area contributed by atoms with Crippen molar-refractivity contribution in [2.75, 3.05) is 29.0 Å². The largest absolute Gasteiger partial charge is 0.383 e. The van der Waals surface area contributed by atoms with Gasteiger partial charge in [0.05, 0.1) is 0 Å². The second-order valence-corrected chi connectivity index (χ2v) is 6.50. The van der Waals surface area contributed by atoms with Crippen molar-refractivity contribution in [3.63, 3.8) is 0 Å². The highest BCUT2D eigenvalue weighted by Crippen LogP contribution is 2.18. The summed E-state index contributed by atoms with van der Waals surface area (Å²) in [6.45, 7) is 1.74. The lowest BCUT2D eigenvalue weighted by Crippen LogP contribution is -2.34. The molecule has 1 aromatic heterocycles. The first-order valence-corrected chi connectivity index (χ1v) is 8.55. The Morgan fingerprint density at radius 3 is 2.54 bits per heavy atom. The second-order valence-electron chi connectivity index (χ2n) is 5.66. The maximum atomic E-state index is 12.4. The minimum atomic E-state index is -0.338. The Hall–Kier alpha value is -2.12. The molecule has 1 saturated heterocycles. The SMILES string of the molecule is Nc1nc(N2CCCCC2)[nH]c(=O)c1C(=S)Nc1ccc(Cl)cc1. The number of hydrogen-bond acceptors (Lipinski definition) is 5. The van der Waals surface area contributed by atoms with Crippen molar-refractivity contribution in [2.24, 2.45) is 0 Å². The summed E-state index contributed by atoms with van der Waals surface area (Å²) in [6.07, 6.45) is 3.37. The molecule has 0 spiro atoms. The van der Waals surface area contributed by atoms with Crippen LogP contribution in [-0.2, 0) is 0 Å². The predicted octanol–water partition coefficient (Wildman–Crippen LogP) is 2.78. The third-order valence-corrected chi connectivity index (χ3v) is 4.48. The van der Waals surface area contributed by atoms with E-state index in [-0.39, 0.29) is 21.9 Å². The average Bonchev–Trinajstić information content (AvgIpc) is 2.57. The van der Waals surface area contributed by atoms with E-state index >= 15 is 0 Å². The smallest absolute Gasteiger partial charge is 0.264 e. The fourth-order valence-electron chi connectivity index (χ4n) is 2.68. The molecule has 0 radical (unpaired) electrons. The number of nitrogen functional groups attached to an aromatic ring is 1. The predicted molar refractivity (Wildman–Crippen MR) is 102 cm³/mol. The van der Waals surface area contributed by atoms with Gasteiger partial charge in [-0.2, -0.15) is 4.98 Å². The number of nitrogens with zero attached hydrogens (tertiary/aromatic N) is 2. The minimum absolute atomic E-state index is 0.130. The first-order chi connectivity index (χ1) is 11.5. The van der Waals surface area contributed by atoms with E-state index in [1.807, 2.05) is 4.90 Å². The number of nitrogens with two attached hydrogens (primary N) is 1. The summed E-state index contributed by atoms with van der Waals surface area (Å²) < 4.78 is 0. The molecular weight excluding hydrogens is 346 g/mol. The molecule has 6 nitrogen and oxygen atoms in total. The fraction of sp³-hybridized carbons (Fsp3) is 0.312. The molecule has 1 aliphatic rings. The molecule has 2 heterocycles. The number of rotatable bonds is 3. The molecule has 126 valence electrons. The zero-order valence-electron chi connectivity index (χ0n) is 13.0.